The molecule has 0 aliphatic heterocycles. The smallest absolute Gasteiger partial charge is 0.339 e. The predicted octanol–water partition coefficient (Wildman–Crippen LogP) is 2.62. The van der Waals surface area contributed by atoms with E-state index in [-0.39, 0.29) is 5.97 Å². The van der Waals surface area contributed by atoms with Crippen molar-refractivity contribution in [2.45, 2.75) is 13.8 Å². The average Bonchev–Trinajstić information content (AvgIpc) is 2.55. The number of ether oxygens (including phenoxy) is 1. The van der Waals surface area contributed by atoms with E-state index in [1.54, 1.807) is 19.1 Å². The van der Waals surface area contributed by atoms with Crippen LogP contribution in [0.4, 0.5) is 0 Å². The summed E-state index contributed by atoms with van der Waals surface area (Å²) in [5, 5.41) is 2.51. The van der Waals surface area contributed by atoms with Crippen molar-refractivity contribution in [2.75, 3.05) is 0 Å². The van der Waals surface area contributed by atoms with Gasteiger partial charge < -0.3 is 4.74 Å². The van der Waals surface area contributed by atoms with E-state index < -0.39 is 0 Å². The van der Waals surface area contributed by atoms with Crippen LogP contribution < -0.4 is 4.74 Å². The van der Waals surface area contributed by atoms with Gasteiger partial charge in [-0.25, -0.2) is 4.79 Å². The summed E-state index contributed by atoms with van der Waals surface area (Å²) < 4.78 is 5.02. The SMILES string of the molecule is CC=C(C)C(=O)Oc1cccs1. The molecule has 0 aliphatic carbocycles. The summed E-state index contributed by atoms with van der Waals surface area (Å²) in [7, 11) is 0. The minimum atomic E-state index is -0.278. The number of esters is 1. The van der Waals surface area contributed by atoms with Gasteiger partial charge in [-0.1, -0.05) is 6.08 Å². The highest BCUT2D eigenvalue weighted by molar-refractivity contribution is 7.11. The van der Waals surface area contributed by atoms with E-state index >= 15 is 0 Å². The highest BCUT2D eigenvalue weighted by Gasteiger charge is 2.05. The molecule has 0 aromatic carbocycles. The Hall–Kier alpha value is -1.09. The first kappa shape index (κ1) is 9.00. The molecule has 0 unspecified atom stereocenters. The molecule has 3 heteroatoms. The summed E-state index contributed by atoms with van der Waals surface area (Å²) in [6.45, 7) is 3.54. The van der Waals surface area contributed by atoms with Gasteiger partial charge in [0.1, 0.15) is 0 Å². The highest BCUT2D eigenvalue weighted by atomic mass is 32.1. The summed E-state index contributed by atoms with van der Waals surface area (Å²) in [5.41, 5.74) is 0.628. The second-order valence-corrected chi connectivity index (χ2v) is 3.20. The summed E-state index contributed by atoms with van der Waals surface area (Å²) >= 11 is 1.41. The van der Waals surface area contributed by atoms with Crippen LogP contribution in [0.3, 0.4) is 0 Å². The van der Waals surface area contributed by atoms with Gasteiger partial charge in [0, 0.05) is 5.57 Å². The number of carbonyl (C=O) groups excluding carboxylic acids is 1. The summed E-state index contributed by atoms with van der Waals surface area (Å²) in [6.07, 6.45) is 1.73. The molecule has 0 atom stereocenters. The van der Waals surface area contributed by atoms with Crippen LogP contribution in [-0.4, -0.2) is 5.97 Å². The zero-order valence-electron chi connectivity index (χ0n) is 7.03. The van der Waals surface area contributed by atoms with E-state index in [9.17, 15) is 4.79 Å². The quantitative estimate of drug-likeness (QED) is 0.519. The molecule has 1 rings (SSSR count). The van der Waals surface area contributed by atoms with Crippen molar-refractivity contribution in [3.63, 3.8) is 0 Å². The van der Waals surface area contributed by atoms with Crippen LogP contribution in [0.25, 0.3) is 0 Å². The number of allylic oxidation sites excluding steroid dienone is 1. The maximum Gasteiger partial charge on any atom is 0.339 e. The first-order valence-corrected chi connectivity index (χ1v) is 4.50. The van der Waals surface area contributed by atoms with Crippen LogP contribution in [0.5, 0.6) is 5.06 Å². The van der Waals surface area contributed by atoms with Crippen molar-refractivity contribution in [3.05, 3.63) is 29.2 Å². The Morgan fingerprint density at radius 3 is 2.92 bits per heavy atom. The van der Waals surface area contributed by atoms with Gasteiger partial charge in [-0.05, 0) is 31.4 Å². The second-order valence-electron chi connectivity index (χ2n) is 2.29. The maximum atomic E-state index is 11.2. The molecule has 0 saturated heterocycles. The monoisotopic (exact) mass is 182 g/mol. The maximum absolute atomic E-state index is 11.2. The number of hydrogen-bond acceptors (Lipinski definition) is 3. The van der Waals surface area contributed by atoms with Crippen LogP contribution in [0, 0.1) is 0 Å². The molecular weight excluding hydrogens is 172 g/mol. The molecule has 1 aromatic rings. The van der Waals surface area contributed by atoms with Crippen LogP contribution in [0.1, 0.15) is 13.8 Å². The van der Waals surface area contributed by atoms with E-state index in [1.807, 2.05) is 18.4 Å². The number of rotatable bonds is 2. The fourth-order valence-corrected chi connectivity index (χ4v) is 1.18. The highest BCUT2D eigenvalue weighted by Crippen LogP contribution is 2.19. The van der Waals surface area contributed by atoms with E-state index in [2.05, 4.69) is 0 Å². The molecule has 0 amide bonds. The van der Waals surface area contributed by atoms with Crippen molar-refractivity contribution < 1.29 is 9.53 Å². The minimum Gasteiger partial charge on any atom is -0.412 e. The summed E-state index contributed by atoms with van der Waals surface area (Å²) in [4.78, 5) is 11.2. The average molecular weight is 182 g/mol. The molecule has 1 aromatic heterocycles. The molecule has 0 aliphatic rings. The molecule has 0 fully saturated rings. The van der Waals surface area contributed by atoms with Crippen molar-refractivity contribution in [1.29, 1.82) is 0 Å². The number of thiophene rings is 1. The lowest BCUT2D eigenvalue weighted by Crippen LogP contribution is -2.07. The van der Waals surface area contributed by atoms with Gasteiger partial charge in [-0.3, -0.25) is 0 Å². The minimum absolute atomic E-state index is 0.278. The third-order valence-corrected chi connectivity index (χ3v) is 2.19. The van der Waals surface area contributed by atoms with Gasteiger partial charge in [0.2, 0.25) is 0 Å². The largest absolute Gasteiger partial charge is 0.412 e. The normalized spacial score (nSPS) is 11.3. The Bertz CT molecular complexity index is 285. The van der Waals surface area contributed by atoms with Crippen LogP contribution >= 0.6 is 11.3 Å². The Kier molecular flexibility index (Phi) is 3.05. The van der Waals surface area contributed by atoms with Gasteiger partial charge >= 0.3 is 5.97 Å². The van der Waals surface area contributed by atoms with Gasteiger partial charge in [-0.2, -0.15) is 0 Å². The second kappa shape index (κ2) is 4.07. The topological polar surface area (TPSA) is 26.3 Å². The number of carbonyl (C=O) groups is 1. The molecular formula is C9H10O2S. The molecule has 12 heavy (non-hydrogen) atoms. The van der Waals surface area contributed by atoms with E-state index in [1.165, 1.54) is 11.3 Å². The fourth-order valence-electron chi connectivity index (χ4n) is 0.611. The van der Waals surface area contributed by atoms with Gasteiger partial charge in [-0.15, -0.1) is 11.3 Å². The number of hydrogen-bond donors (Lipinski definition) is 0. The molecule has 64 valence electrons. The van der Waals surface area contributed by atoms with Crippen molar-refractivity contribution >= 4 is 17.3 Å². The first-order valence-electron chi connectivity index (χ1n) is 3.62. The summed E-state index contributed by atoms with van der Waals surface area (Å²) in [6, 6.07) is 3.61. The lowest BCUT2D eigenvalue weighted by atomic mass is 10.3. The third-order valence-electron chi connectivity index (χ3n) is 1.44. The van der Waals surface area contributed by atoms with Crippen molar-refractivity contribution in [2.24, 2.45) is 0 Å². The van der Waals surface area contributed by atoms with Crippen molar-refractivity contribution in [3.8, 4) is 5.06 Å². The molecule has 2 nitrogen and oxygen atoms in total. The van der Waals surface area contributed by atoms with Crippen molar-refractivity contribution in [1.82, 2.24) is 0 Å². The third kappa shape index (κ3) is 2.20. The Morgan fingerprint density at radius 1 is 1.67 bits per heavy atom. The predicted molar refractivity (Wildman–Crippen MR) is 49.4 cm³/mol. The molecule has 0 spiro atoms. The lowest BCUT2D eigenvalue weighted by Gasteiger charge is -1.99. The van der Waals surface area contributed by atoms with E-state index in [0.29, 0.717) is 10.6 Å². The van der Waals surface area contributed by atoms with Crippen LogP contribution in [-0.2, 0) is 4.79 Å². The Balaban J connectivity index is 2.59. The molecule has 1 heterocycles. The zero-order valence-corrected chi connectivity index (χ0v) is 7.85. The molecule has 0 radical (unpaired) electrons. The molecule has 0 bridgehead atoms. The van der Waals surface area contributed by atoms with Crippen LogP contribution in [0.2, 0.25) is 0 Å². The Morgan fingerprint density at radius 2 is 2.42 bits per heavy atom. The zero-order chi connectivity index (χ0) is 8.97. The fraction of sp³-hybridized carbons (Fsp3) is 0.222. The van der Waals surface area contributed by atoms with E-state index in [4.69, 9.17) is 4.74 Å². The first-order chi connectivity index (χ1) is 5.74. The van der Waals surface area contributed by atoms with Gasteiger partial charge in [0.15, 0.2) is 5.06 Å². The molecule has 0 saturated carbocycles. The van der Waals surface area contributed by atoms with Gasteiger partial charge in [0.25, 0.3) is 0 Å². The molecule has 0 N–H and O–H groups in total. The standard InChI is InChI=1S/C9H10O2S/c1-3-7(2)9(10)11-8-5-4-6-12-8/h3-6H,1-2H3. The lowest BCUT2D eigenvalue weighted by molar-refractivity contribution is -0.129. The summed E-state index contributed by atoms with van der Waals surface area (Å²) in [5.74, 6) is -0.278. The van der Waals surface area contributed by atoms with Gasteiger partial charge in [0.05, 0.1) is 0 Å². The van der Waals surface area contributed by atoms with E-state index in [0.717, 1.165) is 0 Å². The Labute approximate surface area is 75.5 Å². The van der Waals surface area contributed by atoms with Crippen LogP contribution in [0.15, 0.2) is 29.2 Å².